The van der Waals surface area contributed by atoms with Gasteiger partial charge >= 0.3 is 0 Å². The van der Waals surface area contributed by atoms with E-state index in [-0.39, 0.29) is 11.3 Å². The van der Waals surface area contributed by atoms with Gasteiger partial charge in [-0.1, -0.05) is 32.9 Å². The predicted molar refractivity (Wildman–Crippen MR) is 94.3 cm³/mol. The molecule has 1 amide bonds. The number of hydrogen-bond acceptors (Lipinski definition) is 2. The molecular formula is C20H25NO2. The summed E-state index contributed by atoms with van der Waals surface area (Å²) in [5.41, 5.74) is 2.13. The zero-order chi connectivity index (χ0) is 17.0. The van der Waals surface area contributed by atoms with Crippen LogP contribution in [0.15, 0.2) is 48.5 Å². The van der Waals surface area contributed by atoms with Crippen molar-refractivity contribution in [2.24, 2.45) is 0 Å². The summed E-state index contributed by atoms with van der Waals surface area (Å²) in [7, 11) is 3.48. The van der Waals surface area contributed by atoms with Crippen LogP contribution in [0.25, 0.3) is 0 Å². The van der Waals surface area contributed by atoms with E-state index in [4.69, 9.17) is 4.74 Å². The van der Waals surface area contributed by atoms with Gasteiger partial charge in [0.25, 0.3) is 5.91 Å². The second-order valence-corrected chi connectivity index (χ2v) is 6.59. The number of nitrogens with zero attached hydrogens (tertiary/aromatic N) is 1. The maximum Gasteiger partial charge on any atom is 0.253 e. The molecule has 23 heavy (non-hydrogen) atoms. The Labute approximate surface area is 138 Å². The first kappa shape index (κ1) is 17.1. The molecule has 0 unspecified atom stereocenters. The maximum absolute atomic E-state index is 11.9. The Balaban J connectivity index is 2.09. The van der Waals surface area contributed by atoms with E-state index in [1.54, 1.807) is 31.1 Å². The second-order valence-electron chi connectivity index (χ2n) is 6.59. The van der Waals surface area contributed by atoms with Crippen LogP contribution in [-0.2, 0) is 5.41 Å². The summed E-state index contributed by atoms with van der Waals surface area (Å²) >= 11 is 0. The highest BCUT2D eigenvalue weighted by Crippen LogP contribution is 2.29. The Morgan fingerprint density at radius 1 is 0.957 bits per heavy atom. The lowest BCUT2D eigenvalue weighted by Crippen LogP contribution is -2.21. The lowest BCUT2D eigenvalue weighted by molar-refractivity contribution is 0.0827. The average Bonchev–Trinajstić information content (AvgIpc) is 2.55. The predicted octanol–water partition coefficient (Wildman–Crippen LogP) is 4.87. The third-order valence-corrected chi connectivity index (χ3v) is 4.26. The van der Waals surface area contributed by atoms with E-state index < -0.39 is 0 Å². The van der Waals surface area contributed by atoms with Crippen LogP contribution in [0.3, 0.4) is 0 Å². The highest BCUT2D eigenvalue weighted by molar-refractivity contribution is 5.93. The summed E-state index contributed by atoms with van der Waals surface area (Å²) in [4.78, 5) is 13.4. The molecule has 2 aromatic carbocycles. The molecule has 0 fully saturated rings. The highest BCUT2D eigenvalue weighted by Gasteiger charge is 2.17. The second kappa shape index (κ2) is 6.86. The lowest BCUT2D eigenvalue weighted by atomic mass is 9.82. The zero-order valence-corrected chi connectivity index (χ0v) is 14.6. The number of rotatable bonds is 5. The van der Waals surface area contributed by atoms with Crippen LogP contribution in [0.4, 0.5) is 0 Å². The van der Waals surface area contributed by atoms with Crippen LogP contribution in [0.5, 0.6) is 11.5 Å². The largest absolute Gasteiger partial charge is 0.457 e. The Morgan fingerprint density at radius 2 is 1.43 bits per heavy atom. The number of amides is 1. The normalized spacial score (nSPS) is 11.2. The van der Waals surface area contributed by atoms with Crippen LogP contribution >= 0.6 is 0 Å². The van der Waals surface area contributed by atoms with Gasteiger partial charge in [-0.25, -0.2) is 0 Å². The molecule has 0 aromatic heterocycles. The van der Waals surface area contributed by atoms with Gasteiger partial charge in [0.2, 0.25) is 0 Å². The van der Waals surface area contributed by atoms with Crippen LogP contribution in [0.2, 0.25) is 0 Å². The monoisotopic (exact) mass is 311 g/mol. The van der Waals surface area contributed by atoms with Gasteiger partial charge < -0.3 is 9.64 Å². The molecule has 0 N–H and O–H groups in total. The molecular weight excluding hydrogens is 286 g/mol. The molecule has 122 valence electrons. The third-order valence-electron chi connectivity index (χ3n) is 4.26. The van der Waals surface area contributed by atoms with Crippen molar-refractivity contribution in [3.63, 3.8) is 0 Å². The highest BCUT2D eigenvalue weighted by atomic mass is 16.5. The van der Waals surface area contributed by atoms with Crippen LogP contribution in [0.1, 0.15) is 43.1 Å². The van der Waals surface area contributed by atoms with Gasteiger partial charge in [0, 0.05) is 19.7 Å². The molecule has 0 bridgehead atoms. The topological polar surface area (TPSA) is 29.5 Å². The quantitative estimate of drug-likeness (QED) is 0.788. The minimum absolute atomic E-state index is 0.0114. The van der Waals surface area contributed by atoms with Crippen LogP contribution in [0, 0.1) is 0 Å². The van der Waals surface area contributed by atoms with E-state index in [2.05, 4.69) is 32.9 Å². The number of ether oxygens (including phenoxy) is 1. The number of hydrogen-bond donors (Lipinski definition) is 0. The van der Waals surface area contributed by atoms with E-state index >= 15 is 0 Å². The molecule has 2 aromatic rings. The summed E-state index contributed by atoms with van der Waals surface area (Å²) in [5.74, 6) is 1.51. The van der Waals surface area contributed by atoms with E-state index in [0.717, 1.165) is 17.9 Å². The standard InChI is InChI=1S/C20H25NO2/c1-6-20(2,3)16-9-13-18(14-10-16)23-17-11-7-15(8-12-17)19(22)21(4)5/h7-14H,6H2,1-5H3. The Hall–Kier alpha value is -2.29. The van der Waals surface area contributed by atoms with Crippen molar-refractivity contribution < 1.29 is 9.53 Å². The zero-order valence-electron chi connectivity index (χ0n) is 14.6. The summed E-state index contributed by atoms with van der Waals surface area (Å²) in [6.45, 7) is 6.67. The van der Waals surface area contributed by atoms with Crippen molar-refractivity contribution in [2.45, 2.75) is 32.6 Å². The van der Waals surface area contributed by atoms with Gasteiger partial charge in [0.15, 0.2) is 0 Å². The van der Waals surface area contributed by atoms with Crippen molar-refractivity contribution in [1.82, 2.24) is 4.90 Å². The van der Waals surface area contributed by atoms with Gasteiger partial charge in [0.05, 0.1) is 0 Å². The molecule has 3 nitrogen and oxygen atoms in total. The summed E-state index contributed by atoms with van der Waals surface area (Å²) in [6.07, 6.45) is 1.09. The lowest BCUT2D eigenvalue weighted by Gasteiger charge is -2.23. The fourth-order valence-corrected chi connectivity index (χ4v) is 2.24. The summed E-state index contributed by atoms with van der Waals surface area (Å²) < 4.78 is 5.85. The van der Waals surface area contributed by atoms with E-state index in [0.29, 0.717) is 5.56 Å². The maximum atomic E-state index is 11.9. The Bertz CT molecular complexity index is 655. The molecule has 0 aliphatic carbocycles. The first-order chi connectivity index (χ1) is 10.8. The van der Waals surface area contributed by atoms with E-state index in [9.17, 15) is 4.79 Å². The fraction of sp³-hybridized carbons (Fsp3) is 0.350. The smallest absolute Gasteiger partial charge is 0.253 e. The molecule has 0 aliphatic heterocycles. The minimum atomic E-state index is -0.0114. The average molecular weight is 311 g/mol. The Kier molecular flexibility index (Phi) is 5.09. The molecule has 0 atom stereocenters. The van der Waals surface area contributed by atoms with Gasteiger partial charge in [-0.15, -0.1) is 0 Å². The SMILES string of the molecule is CCC(C)(C)c1ccc(Oc2ccc(C(=O)N(C)C)cc2)cc1. The van der Waals surface area contributed by atoms with Crippen molar-refractivity contribution in [2.75, 3.05) is 14.1 Å². The van der Waals surface area contributed by atoms with Gasteiger partial charge in [0.1, 0.15) is 11.5 Å². The fourth-order valence-electron chi connectivity index (χ4n) is 2.24. The van der Waals surface area contributed by atoms with Crippen LogP contribution < -0.4 is 4.74 Å². The first-order valence-electron chi connectivity index (χ1n) is 7.93. The molecule has 0 saturated carbocycles. The molecule has 0 heterocycles. The Morgan fingerprint density at radius 3 is 1.87 bits per heavy atom. The minimum Gasteiger partial charge on any atom is -0.457 e. The summed E-state index contributed by atoms with van der Waals surface area (Å²) in [6, 6.07) is 15.4. The number of benzene rings is 2. The molecule has 0 aliphatic rings. The number of carbonyl (C=O) groups is 1. The molecule has 0 saturated heterocycles. The van der Waals surface area contributed by atoms with Gasteiger partial charge in [-0.2, -0.15) is 0 Å². The van der Waals surface area contributed by atoms with E-state index in [1.165, 1.54) is 5.56 Å². The van der Waals surface area contributed by atoms with Gasteiger partial charge in [-0.3, -0.25) is 4.79 Å². The van der Waals surface area contributed by atoms with Crippen molar-refractivity contribution in [3.05, 3.63) is 59.7 Å². The first-order valence-corrected chi connectivity index (χ1v) is 7.93. The third kappa shape index (κ3) is 4.13. The number of carbonyl (C=O) groups excluding carboxylic acids is 1. The summed E-state index contributed by atoms with van der Waals surface area (Å²) in [5, 5.41) is 0. The molecule has 0 spiro atoms. The van der Waals surface area contributed by atoms with Gasteiger partial charge in [-0.05, 0) is 53.8 Å². The molecule has 2 rings (SSSR count). The molecule has 3 heteroatoms. The van der Waals surface area contributed by atoms with Crippen molar-refractivity contribution in [1.29, 1.82) is 0 Å². The van der Waals surface area contributed by atoms with Crippen LogP contribution in [-0.4, -0.2) is 24.9 Å². The van der Waals surface area contributed by atoms with Crippen molar-refractivity contribution in [3.8, 4) is 11.5 Å². The van der Waals surface area contributed by atoms with Crippen molar-refractivity contribution >= 4 is 5.91 Å². The molecule has 0 radical (unpaired) electrons. The van der Waals surface area contributed by atoms with E-state index in [1.807, 2.05) is 24.3 Å².